The zero-order valence-electron chi connectivity index (χ0n) is 15.1. The molecule has 1 unspecified atom stereocenters. The summed E-state index contributed by atoms with van der Waals surface area (Å²) < 4.78 is 5.45. The lowest BCUT2D eigenvalue weighted by Gasteiger charge is -2.32. The van der Waals surface area contributed by atoms with Crippen molar-refractivity contribution in [1.29, 1.82) is 0 Å². The Hall–Kier alpha value is -1.72. The van der Waals surface area contributed by atoms with Crippen LogP contribution < -0.4 is 0 Å². The molecule has 4 rings (SSSR count). The number of aromatic amines is 1. The van der Waals surface area contributed by atoms with Crippen molar-refractivity contribution >= 4 is 0 Å². The van der Waals surface area contributed by atoms with E-state index in [1.54, 1.807) is 0 Å². The van der Waals surface area contributed by atoms with E-state index in [1.165, 1.54) is 37.7 Å². The van der Waals surface area contributed by atoms with E-state index in [2.05, 4.69) is 46.3 Å². The molecule has 1 saturated heterocycles. The molecule has 1 N–H and O–H groups in total. The highest BCUT2D eigenvalue weighted by Gasteiger charge is 2.20. The van der Waals surface area contributed by atoms with E-state index >= 15 is 0 Å². The standard InChI is InChI=1S/C20H28N4O/c1-15(24-11-13-25-14-12-24)16-7-9-18(10-8-16)20-21-19(22-23-20)17-5-3-2-4-6-17/h7-10,15,17H,2-6,11-14H2,1H3,(H,21,22,23). The van der Waals surface area contributed by atoms with Crippen LogP contribution in [0.3, 0.4) is 0 Å². The van der Waals surface area contributed by atoms with Crippen molar-refractivity contribution in [2.45, 2.75) is 51.0 Å². The molecule has 1 atom stereocenters. The SMILES string of the molecule is CC(c1ccc(-c2n[nH]c(C3CCCCC3)n2)cc1)N1CCOCC1. The summed E-state index contributed by atoms with van der Waals surface area (Å²) in [5.74, 6) is 2.46. The fourth-order valence-electron chi connectivity index (χ4n) is 4.05. The highest BCUT2D eigenvalue weighted by molar-refractivity contribution is 5.55. The predicted octanol–water partition coefficient (Wildman–Crippen LogP) is 3.91. The monoisotopic (exact) mass is 340 g/mol. The largest absolute Gasteiger partial charge is 0.379 e. The second-order valence-corrected chi connectivity index (χ2v) is 7.33. The van der Waals surface area contributed by atoms with Gasteiger partial charge in [0.1, 0.15) is 5.82 Å². The molecule has 1 aromatic carbocycles. The summed E-state index contributed by atoms with van der Waals surface area (Å²) in [5, 5.41) is 7.64. The maximum atomic E-state index is 5.45. The van der Waals surface area contributed by atoms with Gasteiger partial charge in [-0.2, -0.15) is 5.10 Å². The van der Waals surface area contributed by atoms with Crippen LogP contribution in [-0.4, -0.2) is 46.4 Å². The van der Waals surface area contributed by atoms with Crippen LogP contribution in [0, 0.1) is 0 Å². The Morgan fingerprint density at radius 1 is 1.08 bits per heavy atom. The van der Waals surface area contributed by atoms with Crippen molar-refractivity contribution in [2.75, 3.05) is 26.3 Å². The van der Waals surface area contributed by atoms with Crippen LogP contribution in [0.1, 0.15) is 62.4 Å². The normalized spacial score (nSPS) is 21.3. The molecule has 1 aromatic heterocycles. The number of aromatic nitrogens is 3. The molecule has 0 spiro atoms. The average molecular weight is 340 g/mol. The molecule has 2 aromatic rings. The molecule has 25 heavy (non-hydrogen) atoms. The smallest absolute Gasteiger partial charge is 0.181 e. The fourth-order valence-corrected chi connectivity index (χ4v) is 4.05. The third-order valence-electron chi connectivity index (χ3n) is 5.74. The molecule has 5 heteroatoms. The number of H-pyrrole nitrogens is 1. The fraction of sp³-hybridized carbons (Fsp3) is 0.600. The van der Waals surface area contributed by atoms with Gasteiger partial charge in [-0.3, -0.25) is 10.00 Å². The quantitative estimate of drug-likeness (QED) is 0.917. The second kappa shape index (κ2) is 7.67. The van der Waals surface area contributed by atoms with Crippen LogP contribution in [0.4, 0.5) is 0 Å². The molecular formula is C20H28N4O. The molecular weight excluding hydrogens is 312 g/mol. The summed E-state index contributed by atoms with van der Waals surface area (Å²) >= 11 is 0. The van der Waals surface area contributed by atoms with Crippen LogP contribution in [0.15, 0.2) is 24.3 Å². The minimum Gasteiger partial charge on any atom is -0.379 e. The van der Waals surface area contributed by atoms with Gasteiger partial charge in [0, 0.05) is 30.6 Å². The lowest BCUT2D eigenvalue weighted by atomic mass is 9.89. The van der Waals surface area contributed by atoms with Crippen LogP contribution >= 0.6 is 0 Å². The Morgan fingerprint density at radius 3 is 2.52 bits per heavy atom. The van der Waals surface area contributed by atoms with E-state index in [9.17, 15) is 0 Å². The Balaban J connectivity index is 1.45. The van der Waals surface area contributed by atoms with Crippen LogP contribution in [0.5, 0.6) is 0 Å². The first-order valence-corrected chi connectivity index (χ1v) is 9.65. The molecule has 2 heterocycles. The van der Waals surface area contributed by atoms with Crippen LogP contribution in [0.2, 0.25) is 0 Å². The Kier molecular flexibility index (Phi) is 5.13. The summed E-state index contributed by atoms with van der Waals surface area (Å²) in [4.78, 5) is 7.25. The summed E-state index contributed by atoms with van der Waals surface area (Å²) in [7, 11) is 0. The molecule has 134 valence electrons. The lowest BCUT2D eigenvalue weighted by Crippen LogP contribution is -2.37. The molecule has 0 radical (unpaired) electrons. The number of benzene rings is 1. The summed E-state index contributed by atoms with van der Waals surface area (Å²) in [6.07, 6.45) is 6.47. The van der Waals surface area contributed by atoms with Gasteiger partial charge < -0.3 is 4.74 Å². The zero-order chi connectivity index (χ0) is 17.1. The van der Waals surface area contributed by atoms with Crippen molar-refractivity contribution in [3.05, 3.63) is 35.7 Å². The molecule has 2 fully saturated rings. The Labute approximate surface area is 149 Å². The molecule has 0 bridgehead atoms. The van der Waals surface area contributed by atoms with Gasteiger partial charge in [0.25, 0.3) is 0 Å². The van der Waals surface area contributed by atoms with Crippen LogP contribution in [-0.2, 0) is 4.74 Å². The topological polar surface area (TPSA) is 54.0 Å². The van der Waals surface area contributed by atoms with E-state index in [0.717, 1.165) is 43.5 Å². The highest BCUT2D eigenvalue weighted by Crippen LogP contribution is 2.31. The molecule has 5 nitrogen and oxygen atoms in total. The molecule has 1 aliphatic heterocycles. The van der Waals surface area contributed by atoms with E-state index in [0.29, 0.717) is 12.0 Å². The first-order chi connectivity index (χ1) is 12.3. The van der Waals surface area contributed by atoms with E-state index in [-0.39, 0.29) is 0 Å². The predicted molar refractivity (Wildman–Crippen MR) is 98.5 cm³/mol. The van der Waals surface area contributed by atoms with E-state index in [1.807, 2.05) is 0 Å². The van der Waals surface area contributed by atoms with Crippen molar-refractivity contribution in [3.63, 3.8) is 0 Å². The summed E-state index contributed by atoms with van der Waals surface area (Å²) in [6.45, 7) is 5.96. The lowest BCUT2D eigenvalue weighted by molar-refractivity contribution is 0.0198. The van der Waals surface area contributed by atoms with Gasteiger partial charge in [-0.05, 0) is 25.3 Å². The van der Waals surface area contributed by atoms with E-state index in [4.69, 9.17) is 9.72 Å². The van der Waals surface area contributed by atoms with Gasteiger partial charge in [0.15, 0.2) is 5.82 Å². The number of nitrogens with zero attached hydrogens (tertiary/aromatic N) is 3. The Bertz CT molecular complexity index is 669. The number of nitrogens with one attached hydrogen (secondary N) is 1. The summed E-state index contributed by atoms with van der Waals surface area (Å²) in [6, 6.07) is 9.15. The Morgan fingerprint density at radius 2 is 1.80 bits per heavy atom. The van der Waals surface area contributed by atoms with Gasteiger partial charge in [-0.15, -0.1) is 0 Å². The number of ether oxygens (including phenoxy) is 1. The van der Waals surface area contributed by atoms with Gasteiger partial charge in [0.05, 0.1) is 13.2 Å². The highest BCUT2D eigenvalue weighted by atomic mass is 16.5. The van der Waals surface area contributed by atoms with Crippen molar-refractivity contribution in [2.24, 2.45) is 0 Å². The number of hydrogen-bond acceptors (Lipinski definition) is 4. The van der Waals surface area contributed by atoms with Gasteiger partial charge in [0.2, 0.25) is 0 Å². The number of rotatable bonds is 4. The summed E-state index contributed by atoms with van der Waals surface area (Å²) in [5.41, 5.74) is 2.44. The van der Waals surface area contributed by atoms with Gasteiger partial charge in [-0.25, -0.2) is 4.98 Å². The number of hydrogen-bond donors (Lipinski definition) is 1. The van der Waals surface area contributed by atoms with Crippen molar-refractivity contribution < 1.29 is 4.74 Å². The maximum Gasteiger partial charge on any atom is 0.181 e. The van der Waals surface area contributed by atoms with E-state index < -0.39 is 0 Å². The first-order valence-electron chi connectivity index (χ1n) is 9.65. The van der Waals surface area contributed by atoms with Crippen molar-refractivity contribution in [1.82, 2.24) is 20.1 Å². The molecule has 1 aliphatic carbocycles. The molecule has 0 amide bonds. The molecule has 1 saturated carbocycles. The van der Waals surface area contributed by atoms with Crippen molar-refractivity contribution in [3.8, 4) is 11.4 Å². The van der Waals surface area contributed by atoms with Gasteiger partial charge in [-0.1, -0.05) is 43.5 Å². The zero-order valence-corrected chi connectivity index (χ0v) is 15.1. The average Bonchev–Trinajstić information content (AvgIpc) is 3.19. The minimum absolute atomic E-state index is 0.419. The second-order valence-electron chi connectivity index (χ2n) is 7.33. The maximum absolute atomic E-state index is 5.45. The first kappa shape index (κ1) is 16.7. The van der Waals surface area contributed by atoms with Crippen LogP contribution in [0.25, 0.3) is 11.4 Å². The third-order valence-corrected chi connectivity index (χ3v) is 5.74. The van der Waals surface area contributed by atoms with Gasteiger partial charge >= 0.3 is 0 Å². The third kappa shape index (κ3) is 3.77. The molecule has 2 aliphatic rings. The number of morpholine rings is 1. The minimum atomic E-state index is 0.419.